The van der Waals surface area contributed by atoms with Crippen LogP contribution in [0.25, 0.3) is 0 Å². The van der Waals surface area contributed by atoms with Gasteiger partial charge in [0, 0.05) is 36.2 Å². The van der Waals surface area contributed by atoms with Crippen LogP contribution in [0.1, 0.15) is 23.6 Å². The number of carbonyl (C=O) groups excluding carboxylic acids is 2. The van der Waals surface area contributed by atoms with E-state index in [1.165, 1.54) is 49.3 Å². The van der Waals surface area contributed by atoms with E-state index in [4.69, 9.17) is 39.5 Å². The van der Waals surface area contributed by atoms with Crippen LogP contribution < -0.4 is 14.4 Å². The van der Waals surface area contributed by atoms with Crippen molar-refractivity contribution in [1.82, 2.24) is 10.2 Å². The fourth-order valence-electron chi connectivity index (χ4n) is 5.13. The summed E-state index contributed by atoms with van der Waals surface area (Å²) in [7, 11) is -3.38. The number of nitro groups is 1. The lowest BCUT2D eigenvalue weighted by Crippen LogP contribution is -2.53. The smallest absolute Gasteiger partial charge is 0.273 e. The van der Waals surface area contributed by atoms with E-state index in [2.05, 4.69) is 5.32 Å². The molecule has 0 aliphatic carbocycles. The van der Waals surface area contributed by atoms with E-state index in [1.807, 2.05) is 18.2 Å². The minimum atomic E-state index is -4.70. The molecular weight excluding hydrogens is 715 g/mol. The molecule has 0 aromatic heterocycles. The van der Waals surface area contributed by atoms with Gasteiger partial charge in [0.15, 0.2) is 0 Å². The summed E-state index contributed by atoms with van der Waals surface area (Å²) in [5.41, 5.74) is 0.988. The van der Waals surface area contributed by atoms with Crippen molar-refractivity contribution in [2.75, 3.05) is 24.5 Å². The van der Waals surface area contributed by atoms with E-state index in [0.29, 0.717) is 5.56 Å². The van der Waals surface area contributed by atoms with Gasteiger partial charge < -0.3 is 15.0 Å². The number of carbonyl (C=O) groups is 2. The standard InChI is InChI=1S/C34H33Cl3N4O7S/c1-4-38-34(43)31(17-23-8-6-5-7-9-23)39(20-24-11-14-27(36)28(37)16-24)33(42)21-40(30-18-25(35)12-15-32(30)48-3)49(46,47)26-13-10-22(2)29(19-26)41(44)45/h5-16,18-19,31H,4,17,20-21H2,1-3H3,(H,38,43)/t31-/m1/s1. The number of nitrogens with zero attached hydrogens (tertiary/aromatic N) is 3. The van der Waals surface area contributed by atoms with Gasteiger partial charge in [-0.2, -0.15) is 0 Å². The number of rotatable bonds is 14. The Bertz CT molecular complexity index is 1960. The van der Waals surface area contributed by atoms with Crippen molar-refractivity contribution in [3.8, 4) is 5.75 Å². The van der Waals surface area contributed by atoms with E-state index in [9.17, 15) is 28.1 Å². The maximum absolute atomic E-state index is 14.6. The quantitative estimate of drug-likeness (QED) is 0.110. The normalized spacial score (nSPS) is 11.8. The molecule has 0 saturated carbocycles. The highest BCUT2D eigenvalue weighted by Gasteiger charge is 2.36. The molecule has 11 nitrogen and oxygen atoms in total. The molecule has 0 aliphatic heterocycles. The summed E-state index contributed by atoms with van der Waals surface area (Å²) in [4.78, 5) is 40.2. The topological polar surface area (TPSA) is 139 Å². The molecule has 0 bridgehead atoms. The molecule has 1 atom stereocenters. The summed E-state index contributed by atoms with van der Waals surface area (Å²) in [6.07, 6.45) is 0.0944. The van der Waals surface area contributed by atoms with Gasteiger partial charge in [0.2, 0.25) is 11.8 Å². The molecule has 0 saturated heterocycles. The number of halogens is 3. The first-order chi connectivity index (χ1) is 23.3. The highest BCUT2D eigenvalue weighted by atomic mass is 35.5. The largest absolute Gasteiger partial charge is 0.495 e. The molecule has 15 heteroatoms. The second-order valence-electron chi connectivity index (χ2n) is 10.9. The molecule has 0 aliphatic rings. The van der Waals surface area contributed by atoms with Crippen molar-refractivity contribution in [2.45, 2.75) is 37.8 Å². The van der Waals surface area contributed by atoms with E-state index in [-0.39, 0.29) is 51.6 Å². The van der Waals surface area contributed by atoms with Gasteiger partial charge in [0.1, 0.15) is 18.3 Å². The van der Waals surface area contributed by atoms with Crippen molar-refractivity contribution < 1.29 is 27.7 Å². The predicted octanol–water partition coefficient (Wildman–Crippen LogP) is 6.84. The number of methoxy groups -OCH3 is 1. The van der Waals surface area contributed by atoms with Crippen LogP contribution in [0.4, 0.5) is 11.4 Å². The number of ether oxygens (including phenoxy) is 1. The molecule has 49 heavy (non-hydrogen) atoms. The Balaban J connectivity index is 1.90. The molecule has 4 aromatic rings. The lowest BCUT2D eigenvalue weighted by atomic mass is 10.0. The second kappa shape index (κ2) is 16.4. The summed E-state index contributed by atoms with van der Waals surface area (Å²) in [5, 5.41) is 15.2. The van der Waals surface area contributed by atoms with Gasteiger partial charge in [-0.3, -0.25) is 24.0 Å². The molecule has 2 amide bonds. The van der Waals surface area contributed by atoms with Gasteiger partial charge in [-0.05, 0) is 61.4 Å². The number of amides is 2. The lowest BCUT2D eigenvalue weighted by Gasteiger charge is -2.34. The van der Waals surface area contributed by atoms with E-state index in [1.54, 1.807) is 37.3 Å². The van der Waals surface area contributed by atoms with Crippen LogP contribution in [-0.4, -0.2) is 56.3 Å². The molecule has 4 rings (SSSR count). The zero-order valence-electron chi connectivity index (χ0n) is 26.7. The first kappa shape index (κ1) is 37.5. The molecule has 0 fully saturated rings. The summed E-state index contributed by atoms with van der Waals surface area (Å²) >= 11 is 18.8. The van der Waals surface area contributed by atoms with Crippen LogP contribution in [0.3, 0.4) is 0 Å². The van der Waals surface area contributed by atoms with Crippen molar-refractivity contribution in [2.24, 2.45) is 0 Å². The van der Waals surface area contributed by atoms with Crippen molar-refractivity contribution in [3.63, 3.8) is 0 Å². The maximum Gasteiger partial charge on any atom is 0.273 e. The lowest BCUT2D eigenvalue weighted by molar-refractivity contribution is -0.385. The van der Waals surface area contributed by atoms with Crippen molar-refractivity contribution in [3.05, 3.63) is 127 Å². The average molecular weight is 748 g/mol. The fraction of sp³-hybridized carbons (Fsp3) is 0.235. The average Bonchev–Trinajstić information content (AvgIpc) is 3.07. The molecule has 4 aromatic carbocycles. The summed E-state index contributed by atoms with van der Waals surface area (Å²) < 4.78 is 35.1. The molecule has 0 unspecified atom stereocenters. The Labute approximate surface area is 299 Å². The Hall–Kier alpha value is -4.36. The minimum absolute atomic E-state index is 0.0583. The van der Waals surface area contributed by atoms with Crippen LogP contribution in [0.5, 0.6) is 5.75 Å². The number of hydrogen-bond acceptors (Lipinski definition) is 7. The minimum Gasteiger partial charge on any atom is -0.495 e. The van der Waals surface area contributed by atoms with Crippen LogP contribution in [0, 0.1) is 17.0 Å². The second-order valence-corrected chi connectivity index (χ2v) is 14.0. The zero-order chi connectivity index (χ0) is 35.9. The van der Waals surface area contributed by atoms with Crippen molar-refractivity contribution in [1.29, 1.82) is 0 Å². The molecule has 258 valence electrons. The number of benzene rings is 4. The summed E-state index contributed by atoms with van der Waals surface area (Å²) in [5.74, 6) is -1.18. The van der Waals surface area contributed by atoms with E-state index < -0.39 is 49.9 Å². The Morgan fingerprint density at radius 2 is 1.65 bits per heavy atom. The van der Waals surface area contributed by atoms with Crippen LogP contribution in [0.15, 0.2) is 89.8 Å². The number of nitrogens with one attached hydrogen (secondary N) is 1. The maximum atomic E-state index is 14.6. The van der Waals surface area contributed by atoms with Gasteiger partial charge >= 0.3 is 0 Å². The Kier molecular flexibility index (Phi) is 12.5. The number of aryl methyl sites for hydroxylation is 1. The number of anilines is 1. The Morgan fingerprint density at radius 1 is 0.939 bits per heavy atom. The molecule has 1 N–H and O–H groups in total. The van der Waals surface area contributed by atoms with Gasteiger partial charge in [-0.25, -0.2) is 8.42 Å². The first-order valence-corrected chi connectivity index (χ1v) is 17.5. The number of sulfonamides is 1. The third-order valence-corrected chi connectivity index (χ3v) is 10.3. The van der Waals surface area contributed by atoms with Gasteiger partial charge in [-0.15, -0.1) is 0 Å². The van der Waals surface area contributed by atoms with Crippen molar-refractivity contribution >= 4 is 68.0 Å². The Morgan fingerprint density at radius 3 is 2.29 bits per heavy atom. The number of nitro benzene ring substituents is 1. The monoisotopic (exact) mass is 746 g/mol. The molecule has 0 spiro atoms. The highest BCUT2D eigenvalue weighted by Crippen LogP contribution is 2.36. The molecular formula is C34H33Cl3N4O7S. The first-order valence-electron chi connectivity index (χ1n) is 14.9. The zero-order valence-corrected chi connectivity index (χ0v) is 29.8. The summed E-state index contributed by atoms with van der Waals surface area (Å²) in [6.45, 7) is 2.49. The third kappa shape index (κ3) is 9.01. The highest BCUT2D eigenvalue weighted by molar-refractivity contribution is 7.92. The van der Waals surface area contributed by atoms with Gasteiger partial charge in [0.05, 0.1) is 32.7 Å². The fourth-order valence-corrected chi connectivity index (χ4v) is 7.05. The SMILES string of the molecule is CCNC(=O)[C@@H](Cc1ccccc1)N(Cc1ccc(Cl)c(Cl)c1)C(=O)CN(c1cc(Cl)ccc1OC)S(=O)(=O)c1ccc(C)c([N+](=O)[O-])c1. The van der Waals surface area contributed by atoms with E-state index >= 15 is 0 Å². The van der Waals surface area contributed by atoms with E-state index in [0.717, 1.165) is 15.9 Å². The number of hydrogen-bond donors (Lipinski definition) is 1. The van der Waals surface area contributed by atoms with Crippen LogP contribution in [-0.2, 0) is 32.6 Å². The third-order valence-electron chi connectivity index (χ3n) is 7.61. The van der Waals surface area contributed by atoms with Crippen LogP contribution in [0.2, 0.25) is 15.1 Å². The molecule has 0 radical (unpaired) electrons. The predicted molar refractivity (Wildman–Crippen MR) is 190 cm³/mol. The molecule has 0 heterocycles. The summed E-state index contributed by atoms with van der Waals surface area (Å²) in [6, 6.07) is 20.4. The number of likely N-dealkylation sites (N-methyl/N-ethyl adjacent to an activating group) is 1. The van der Waals surface area contributed by atoms with Gasteiger partial charge in [0.25, 0.3) is 15.7 Å². The van der Waals surface area contributed by atoms with Crippen LogP contribution >= 0.6 is 34.8 Å². The van der Waals surface area contributed by atoms with Gasteiger partial charge in [-0.1, -0.05) is 77.3 Å².